The lowest BCUT2D eigenvalue weighted by Crippen LogP contribution is -2.17. The minimum atomic E-state index is 0.535. The van der Waals surface area contributed by atoms with E-state index in [1.807, 2.05) is 12.1 Å². The van der Waals surface area contributed by atoms with Gasteiger partial charge in [0, 0.05) is 24.0 Å². The highest BCUT2D eigenvalue weighted by Gasteiger charge is 2.41. The number of aromatic amines is 1. The average molecular weight is 272 g/mol. The van der Waals surface area contributed by atoms with Gasteiger partial charge in [-0.3, -0.25) is 14.6 Å². The predicted octanol–water partition coefficient (Wildman–Crippen LogP) is 3.36. The first-order valence-corrected chi connectivity index (χ1v) is 7.31. The van der Waals surface area contributed by atoms with Gasteiger partial charge in [0.1, 0.15) is 0 Å². The molecule has 2 aliphatic carbocycles. The van der Waals surface area contributed by atoms with Crippen molar-refractivity contribution in [3.63, 3.8) is 0 Å². The molecule has 0 saturated heterocycles. The first-order valence-electron chi connectivity index (χ1n) is 6.90. The summed E-state index contributed by atoms with van der Waals surface area (Å²) in [4.78, 5) is 4.07. The Bertz CT molecular complexity index is 645. The van der Waals surface area contributed by atoms with E-state index in [4.69, 9.17) is 12.2 Å². The molecular weight excluding hydrogens is 256 g/mol. The van der Waals surface area contributed by atoms with E-state index in [0.717, 1.165) is 28.0 Å². The number of pyridine rings is 1. The molecule has 0 amide bonds. The summed E-state index contributed by atoms with van der Waals surface area (Å²) >= 11 is 5.45. The molecule has 2 aromatic heterocycles. The van der Waals surface area contributed by atoms with Gasteiger partial charge >= 0.3 is 0 Å². The van der Waals surface area contributed by atoms with Crippen LogP contribution in [0.1, 0.15) is 31.7 Å². The van der Waals surface area contributed by atoms with Gasteiger partial charge in [-0.05, 0) is 55.4 Å². The Hall–Kier alpha value is -1.49. The van der Waals surface area contributed by atoms with Crippen LogP contribution in [0, 0.1) is 16.6 Å². The molecule has 1 N–H and O–H groups in total. The highest BCUT2D eigenvalue weighted by molar-refractivity contribution is 7.71. The summed E-state index contributed by atoms with van der Waals surface area (Å²) in [5.74, 6) is 2.65. The maximum Gasteiger partial charge on any atom is 0.195 e. The zero-order chi connectivity index (χ0) is 12.8. The fraction of sp³-hybridized carbons (Fsp3) is 0.500. The lowest BCUT2D eigenvalue weighted by Gasteiger charge is -2.24. The number of rotatable bonds is 2. The first-order chi connectivity index (χ1) is 9.33. The SMILES string of the molecule is S=c1[nH]nc(-c2ccncc2)n1[C@H]1C[C@H]2CC[C@H]1C2. The smallest absolute Gasteiger partial charge is 0.195 e. The van der Waals surface area contributed by atoms with Crippen molar-refractivity contribution in [3.8, 4) is 11.4 Å². The van der Waals surface area contributed by atoms with E-state index in [-0.39, 0.29) is 0 Å². The zero-order valence-corrected chi connectivity index (χ0v) is 11.4. The molecule has 0 spiro atoms. The number of hydrogen-bond acceptors (Lipinski definition) is 3. The minimum Gasteiger partial charge on any atom is -0.297 e. The zero-order valence-electron chi connectivity index (χ0n) is 10.6. The number of H-pyrrole nitrogens is 1. The van der Waals surface area contributed by atoms with Crippen molar-refractivity contribution in [2.24, 2.45) is 11.8 Å². The van der Waals surface area contributed by atoms with Crippen LogP contribution in [0.25, 0.3) is 11.4 Å². The van der Waals surface area contributed by atoms with Crippen molar-refractivity contribution < 1.29 is 0 Å². The van der Waals surface area contributed by atoms with Crippen LogP contribution in [-0.4, -0.2) is 19.7 Å². The Kier molecular flexibility index (Phi) is 2.55. The molecule has 2 fully saturated rings. The van der Waals surface area contributed by atoms with E-state index in [1.165, 1.54) is 25.7 Å². The molecule has 3 atom stereocenters. The van der Waals surface area contributed by atoms with Crippen LogP contribution in [0.3, 0.4) is 0 Å². The molecule has 19 heavy (non-hydrogen) atoms. The second kappa shape index (κ2) is 4.27. The summed E-state index contributed by atoms with van der Waals surface area (Å²) in [6.45, 7) is 0. The molecule has 2 aliphatic rings. The number of hydrogen-bond donors (Lipinski definition) is 1. The van der Waals surface area contributed by atoms with Crippen molar-refractivity contribution in [2.75, 3.05) is 0 Å². The maximum atomic E-state index is 5.45. The molecule has 5 heteroatoms. The van der Waals surface area contributed by atoms with Gasteiger partial charge in [0.15, 0.2) is 10.6 Å². The van der Waals surface area contributed by atoms with Crippen molar-refractivity contribution in [1.29, 1.82) is 0 Å². The Morgan fingerprint density at radius 2 is 2.05 bits per heavy atom. The fourth-order valence-electron chi connectivity index (χ4n) is 3.84. The summed E-state index contributed by atoms with van der Waals surface area (Å²) in [5, 5.41) is 7.40. The Morgan fingerprint density at radius 3 is 2.74 bits per heavy atom. The third kappa shape index (κ3) is 1.75. The largest absolute Gasteiger partial charge is 0.297 e. The molecule has 0 aliphatic heterocycles. The predicted molar refractivity (Wildman–Crippen MR) is 75.1 cm³/mol. The monoisotopic (exact) mass is 272 g/mol. The molecule has 2 aromatic rings. The van der Waals surface area contributed by atoms with Crippen LogP contribution in [-0.2, 0) is 0 Å². The summed E-state index contributed by atoms with van der Waals surface area (Å²) in [6, 6.07) is 4.52. The van der Waals surface area contributed by atoms with Crippen molar-refractivity contribution in [1.82, 2.24) is 19.7 Å². The van der Waals surface area contributed by atoms with Gasteiger partial charge in [0.25, 0.3) is 0 Å². The second-order valence-electron chi connectivity index (χ2n) is 5.70. The van der Waals surface area contributed by atoms with E-state index in [2.05, 4.69) is 19.7 Å². The number of aromatic nitrogens is 4. The summed E-state index contributed by atoms with van der Waals surface area (Å²) in [5.41, 5.74) is 1.09. The fourth-order valence-corrected chi connectivity index (χ4v) is 4.11. The molecule has 4 nitrogen and oxygen atoms in total. The van der Waals surface area contributed by atoms with Crippen molar-refractivity contribution in [3.05, 3.63) is 29.3 Å². The topological polar surface area (TPSA) is 46.5 Å². The van der Waals surface area contributed by atoms with Gasteiger partial charge < -0.3 is 0 Å². The number of nitrogens with one attached hydrogen (secondary N) is 1. The van der Waals surface area contributed by atoms with E-state index in [1.54, 1.807) is 12.4 Å². The highest BCUT2D eigenvalue weighted by atomic mass is 32.1. The van der Waals surface area contributed by atoms with Crippen LogP contribution in [0.2, 0.25) is 0 Å². The second-order valence-corrected chi connectivity index (χ2v) is 6.09. The van der Waals surface area contributed by atoms with Gasteiger partial charge in [0.05, 0.1) is 0 Å². The maximum absolute atomic E-state index is 5.45. The first kappa shape index (κ1) is 11.3. The Balaban J connectivity index is 1.80. The Morgan fingerprint density at radius 1 is 1.21 bits per heavy atom. The van der Waals surface area contributed by atoms with Crippen LogP contribution >= 0.6 is 12.2 Å². The van der Waals surface area contributed by atoms with Crippen molar-refractivity contribution in [2.45, 2.75) is 31.7 Å². The minimum absolute atomic E-state index is 0.535. The highest BCUT2D eigenvalue weighted by Crippen LogP contribution is 2.51. The molecule has 98 valence electrons. The summed E-state index contributed by atoms with van der Waals surface area (Å²) in [7, 11) is 0. The van der Waals surface area contributed by atoms with Gasteiger partial charge in [-0.25, -0.2) is 0 Å². The van der Waals surface area contributed by atoms with Crippen LogP contribution in [0.4, 0.5) is 0 Å². The molecule has 2 bridgehead atoms. The average Bonchev–Trinajstić information content (AvgIpc) is 3.14. The molecule has 0 unspecified atom stereocenters. The van der Waals surface area contributed by atoms with Gasteiger partial charge in [-0.1, -0.05) is 6.42 Å². The standard InChI is InChI=1S/C14H16N4S/c19-14-17-16-13(10-3-5-15-6-4-10)18(14)12-8-9-1-2-11(12)7-9/h3-6,9,11-12H,1-2,7-8H2,(H,17,19)/t9-,11-,12-/m0/s1. The molecule has 0 radical (unpaired) electrons. The van der Waals surface area contributed by atoms with Crippen LogP contribution < -0.4 is 0 Å². The van der Waals surface area contributed by atoms with Gasteiger partial charge in [0.2, 0.25) is 0 Å². The quantitative estimate of drug-likeness (QED) is 0.853. The lowest BCUT2D eigenvalue weighted by atomic mass is 9.95. The normalized spacial score (nSPS) is 28.9. The third-order valence-corrected chi connectivity index (χ3v) is 4.96. The van der Waals surface area contributed by atoms with Gasteiger partial charge in [-0.2, -0.15) is 5.10 Å². The summed E-state index contributed by atoms with van der Waals surface area (Å²) in [6.07, 6.45) is 8.98. The van der Waals surface area contributed by atoms with E-state index >= 15 is 0 Å². The number of nitrogens with zero attached hydrogens (tertiary/aromatic N) is 3. The molecule has 2 heterocycles. The third-order valence-electron chi connectivity index (χ3n) is 4.68. The van der Waals surface area contributed by atoms with Crippen LogP contribution in [0.15, 0.2) is 24.5 Å². The number of fused-ring (bicyclic) bond motifs is 2. The summed E-state index contributed by atoms with van der Waals surface area (Å²) < 4.78 is 3.00. The Labute approximate surface area is 116 Å². The molecule has 0 aromatic carbocycles. The van der Waals surface area contributed by atoms with E-state index < -0.39 is 0 Å². The van der Waals surface area contributed by atoms with Crippen LogP contribution in [0.5, 0.6) is 0 Å². The van der Waals surface area contributed by atoms with Crippen molar-refractivity contribution >= 4 is 12.2 Å². The molecule has 4 rings (SSSR count). The van der Waals surface area contributed by atoms with E-state index in [0.29, 0.717) is 6.04 Å². The van der Waals surface area contributed by atoms with Gasteiger partial charge in [-0.15, -0.1) is 0 Å². The molecular formula is C14H16N4S. The molecule has 2 saturated carbocycles. The van der Waals surface area contributed by atoms with E-state index in [9.17, 15) is 0 Å². The lowest BCUT2D eigenvalue weighted by molar-refractivity contribution is 0.329.